The average molecular weight is 149 g/mol. The maximum Gasteiger partial charge on any atom is 0.703 e. The zero-order valence-corrected chi connectivity index (χ0v) is 4.24. The highest BCUT2D eigenvalue weighted by atomic mass is 31.1. The van der Waals surface area contributed by atoms with Gasteiger partial charge in [-0.2, -0.15) is 0 Å². The highest BCUT2D eigenvalue weighted by Crippen LogP contribution is 2.29. The lowest BCUT2D eigenvalue weighted by molar-refractivity contribution is -0.275. The molecule has 1 unspecified atom stereocenters. The minimum absolute atomic E-state index is 2.50. The Hall–Kier alpha value is -0.190. The van der Waals surface area contributed by atoms with E-state index in [2.05, 4.69) is 4.52 Å². The summed E-state index contributed by atoms with van der Waals surface area (Å²) in [6, 6.07) is 0. The molecule has 0 fully saturated rings. The minimum Gasteiger partial charge on any atom is -0.141 e. The largest absolute Gasteiger partial charge is 0.703 e. The summed E-state index contributed by atoms with van der Waals surface area (Å²) in [4.78, 5) is 7.46. The molecule has 0 saturated heterocycles. The second kappa shape index (κ2) is 2.39. The van der Waals surface area contributed by atoms with Crippen LogP contribution in [-0.2, 0) is 9.09 Å². The topological polar surface area (TPSA) is 46.5 Å². The van der Waals surface area contributed by atoms with Crippen LogP contribution in [0, 0.1) is 0 Å². The predicted molar refractivity (Wildman–Crippen MR) is 17.0 cm³/mol. The Bertz CT molecular complexity index is 97.2. The van der Waals surface area contributed by atoms with Crippen LogP contribution < -0.4 is 0 Å². The molecule has 8 heavy (non-hydrogen) atoms. The highest BCUT2D eigenvalue weighted by molar-refractivity contribution is 7.32. The second-order valence-electron chi connectivity index (χ2n) is 0.775. The standard InChI is InChI=1S/CF3O3P/c2-1(3,4)7-8(5)6/p+1. The van der Waals surface area contributed by atoms with Crippen molar-refractivity contribution in [1.29, 1.82) is 0 Å². The molecule has 0 amide bonds. The van der Waals surface area contributed by atoms with E-state index in [1.807, 2.05) is 0 Å². The highest BCUT2D eigenvalue weighted by Gasteiger charge is 2.41. The van der Waals surface area contributed by atoms with Crippen LogP contribution in [0.5, 0.6) is 0 Å². The normalized spacial score (nSPS) is 13.8. The smallest absolute Gasteiger partial charge is 0.141 e. The van der Waals surface area contributed by atoms with Crippen LogP contribution in [0.3, 0.4) is 0 Å². The van der Waals surface area contributed by atoms with Gasteiger partial charge in [0.05, 0.1) is 0 Å². The third-order valence-corrected chi connectivity index (χ3v) is 0.545. The number of hydrogen-bond acceptors (Lipinski definition) is 2. The molecule has 0 bridgehead atoms. The molecule has 0 aromatic rings. The molecule has 1 N–H and O–H groups in total. The molecule has 1 atom stereocenters. The van der Waals surface area contributed by atoms with Crippen LogP contribution in [0.4, 0.5) is 13.2 Å². The molecule has 0 saturated carbocycles. The van der Waals surface area contributed by atoms with Gasteiger partial charge in [-0.1, -0.05) is 0 Å². The van der Waals surface area contributed by atoms with E-state index in [1.165, 1.54) is 0 Å². The van der Waals surface area contributed by atoms with Gasteiger partial charge in [-0.25, -0.2) is 0 Å². The Labute approximate surface area is 43.0 Å². The van der Waals surface area contributed by atoms with Crippen molar-refractivity contribution in [1.82, 2.24) is 0 Å². The molecule has 0 rings (SSSR count). The summed E-state index contributed by atoms with van der Waals surface area (Å²) in [6.45, 7) is 0. The molecular weight excluding hydrogens is 148 g/mol. The van der Waals surface area contributed by atoms with Crippen molar-refractivity contribution in [3.63, 3.8) is 0 Å². The zero-order chi connectivity index (χ0) is 6.78. The lowest BCUT2D eigenvalue weighted by Gasteiger charge is -1.89. The fourth-order valence-electron chi connectivity index (χ4n) is 0.0885. The molecule has 3 nitrogen and oxygen atoms in total. The summed E-state index contributed by atoms with van der Waals surface area (Å²) < 4.78 is 43.9. The minimum atomic E-state index is -5.01. The summed E-state index contributed by atoms with van der Waals surface area (Å²) in [7, 11) is -3.56. The number of hydrogen-bond donors (Lipinski definition) is 1. The van der Waals surface area contributed by atoms with Gasteiger partial charge < -0.3 is 0 Å². The molecule has 0 aromatic carbocycles. The zero-order valence-electron chi connectivity index (χ0n) is 3.34. The number of alkyl halides is 3. The number of rotatable bonds is 1. The Balaban J connectivity index is 3.55. The van der Waals surface area contributed by atoms with Crippen LogP contribution in [0.15, 0.2) is 0 Å². The first kappa shape index (κ1) is 7.81. The van der Waals surface area contributed by atoms with Gasteiger partial charge in [-0.3, -0.25) is 0 Å². The first-order chi connectivity index (χ1) is 3.42. The van der Waals surface area contributed by atoms with Crippen LogP contribution >= 0.6 is 8.25 Å². The van der Waals surface area contributed by atoms with Crippen LogP contribution in [-0.4, -0.2) is 11.3 Å². The van der Waals surface area contributed by atoms with Crippen molar-refractivity contribution in [2.45, 2.75) is 6.36 Å². The van der Waals surface area contributed by atoms with E-state index >= 15 is 0 Å². The first-order valence-electron chi connectivity index (χ1n) is 1.34. The van der Waals surface area contributed by atoms with E-state index in [4.69, 9.17) is 4.89 Å². The van der Waals surface area contributed by atoms with Crippen molar-refractivity contribution in [2.24, 2.45) is 0 Å². The van der Waals surface area contributed by atoms with E-state index in [0.29, 0.717) is 0 Å². The Morgan fingerprint density at radius 3 is 1.88 bits per heavy atom. The average Bonchev–Trinajstić information content (AvgIpc) is 1.21. The van der Waals surface area contributed by atoms with Gasteiger partial charge in [-0.05, 0) is 4.52 Å². The van der Waals surface area contributed by atoms with E-state index in [-0.39, 0.29) is 0 Å². The summed E-state index contributed by atoms with van der Waals surface area (Å²) in [5.74, 6) is 0. The van der Waals surface area contributed by atoms with Crippen molar-refractivity contribution in [3.8, 4) is 0 Å². The Morgan fingerprint density at radius 2 is 1.88 bits per heavy atom. The lowest BCUT2D eigenvalue weighted by Crippen LogP contribution is -2.07. The van der Waals surface area contributed by atoms with E-state index in [9.17, 15) is 17.7 Å². The van der Waals surface area contributed by atoms with Gasteiger partial charge >= 0.3 is 14.6 Å². The third-order valence-electron chi connectivity index (χ3n) is 0.182. The Kier molecular flexibility index (Phi) is 2.33. The van der Waals surface area contributed by atoms with Crippen molar-refractivity contribution in [2.75, 3.05) is 0 Å². The maximum atomic E-state index is 10.7. The van der Waals surface area contributed by atoms with Gasteiger partial charge in [0, 0.05) is 4.57 Å². The lowest BCUT2D eigenvalue weighted by atomic mass is 11.4. The van der Waals surface area contributed by atoms with Crippen LogP contribution in [0.1, 0.15) is 0 Å². The summed E-state index contributed by atoms with van der Waals surface area (Å²) in [5.41, 5.74) is 0. The van der Waals surface area contributed by atoms with E-state index in [0.717, 1.165) is 0 Å². The van der Waals surface area contributed by atoms with Crippen LogP contribution in [0.2, 0.25) is 0 Å². The third kappa shape index (κ3) is 5.81. The monoisotopic (exact) mass is 149 g/mol. The molecule has 7 heteroatoms. The number of halogens is 3. The summed E-state index contributed by atoms with van der Waals surface area (Å²) in [5, 5.41) is 0. The molecular formula is CHF3O3P+. The molecule has 48 valence electrons. The fourth-order valence-corrected chi connectivity index (χ4v) is 0.266. The molecule has 0 aliphatic rings. The molecule has 0 aromatic heterocycles. The molecule has 0 aliphatic carbocycles. The van der Waals surface area contributed by atoms with Gasteiger partial charge in [0.1, 0.15) is 0 Å². The summed E-state index contributed by atoms with van der Waals surface area (Å²) in [6.07, 6.45) is -5.01. The van der Waals surface area contributed by atoms with Crippen molar-refractivity contribution in [3.05, 3.63) is 0 Å². The molecule has 0 aliphatic heterocycles. The first-order valence-corrected chi connectivity index (χ1v) is 2.47. The molecule has 0 spiro atoms. The quantitative estimate of drug-likeness (QED) is 0.569. The fraction of sp³-hybridized carbons (Fsp3) is 1.00. The van der Waals surface area contributed by atoms with Crippen LogP contribution in [0.25, 0.3) is 0 Å². The summed E-state index contributed by atoms with van der Waals surface area (Å²) >= 11 is 0. The van der Waals surface area contributed by atoms with Gasteiger partial charge in [0.25, 0.3) is 0 Å². The van der Waals surface area contributed by atoms with Gasteiger partial charge in [0.15, 0.2) is 0 Å². The molecule has 0 heterocycles. The van der Waals surface area contributed by atoms with Gasteiger partial charge in [0.2, 0.25) is 0 Å². The Morgan fingerprint density at radius 1 is 1.50 bits per heavy atom. The van der Waals surface area contributed by atoms with E-state index in [1.54, 1.807) is 0 Å². The second-order valence-corrected chi connectivity index (χ2v) is 1.43. The van der Waals surface area contributed by atoms with Crippen molar-refractivity contribution < 1.29 is 27.2 Å². The van der Waals surface area contributed by atoms with Crippen molar-refractivity contribution >= 4 is 8.25 Å². The van der Waals surface area contributed by atoms with E-state index < -0.39 is 14.6 Å². The molecule has 0 radical (unpaired) electrons. The van der Waals surface area contributed by atoms with Gasteiger partial charge in [-0.15, -0.1) is 18.1 Å². The maximum absolute atomic E-state index is 10.7. The SMILES string of the molecule is O=[P+](O)OC(F)(F)F. The predicted octanol–water partition coefficient (Wildman–Crippen LogP) is 1.17.